The van der Waals surface area contributed by atoms with E-state index in [9.17, 15) is 0 Å². The van der Waals surface area contributed by atoms with Crippen LogP contribution in [0.25, 0.3) is 0 Å². The van der Waals surface area contributed by atoms with Crippen molar-refractivity contribution in [2.75, 3.05) is 0 Å². The lowest BCUT2D eigenvalue weighted by Gasteiger charge is -2.11. The standard InChI is InChI=1S/C6H11I/c1-6(7)4-2-3-5-6/h2-5H2,1H3. The maximum absolute atomic E-state index is 2.57. The summed E-state index contributed by atoms with van der Waals surface area (Å²) in [4.78, 5) is 0. The second-order valence-electron chi connectivity index (χ2n) is 2.62. The van der Waals surface area contributed by atoms with E-state index in [1.165, 1.54) is 25.7 Å². The summed E-state index contributed by atoms with van der Waals surface area (Å²) in [5, 5.41) is 0. The molecule has 0 radical (unpaired) electrons. The first kappa shape index (κ1) is 5.86. The van der Waals surface area contributed by atoms with Crippen LogP contribution >= 0.6 is 22.6 Å². The molecule has 0 bridgehead atoms. The van der Waals surface area contributed by atoms with E-state index in [1.807, 2.05) is 0 Å². The summed E-state index contributed by atoms with van der Waals surface area (Å²) in [5.74, 6) is 0. The van der Waals surface area contributed by atoms with Gasteiger partial charge in [-0.15, -0.1) is 0 Å². The summed E-state index contributed by atoms with van der Waals surface area (Å²) in [6.07, 6.45) is 5.79. The molecule has 1 aliphatic rings. The van der Waals surface area contributed by atoms with Crippen molar-refractivity contribution in [2.24, 2.45) is 0 Å². The molecule has 0 saturated heterocycles. The monoisotopic (exact) mass is 210 g/mol. The van der Waals surface area contributed by atoms with E-state index in [4.69, 9.17) is 0 Å². The first-order valence-electron chi connectivity index (χ1n) is 2.90. The zero-order valence-corrected chi connectivity index (χ0v) is 6.86. The summed E-state index contributed by atoms with van der Waals surface area (Å²) >= 11 is 2.57. The predicted octanol–water partition coefficient (Wildman–Crippen LogP) is 2.75. The van der Waals surface area contributed by atoms with Gasteiger partial charge in [-0.2, -0.15) is 0 Å². The van der Waals surface area contributed by atoms with Crippen LogP contribution in [0.5, 0.6) is 0 Å². The molecule has 0 heterocycles. The van der Waals surface area contributed by atoms with Crippen LogP contribution in [0.3, 0.4) is 0 Å². The van der Waals surface area contributed by atoms with E-state index < -0.39 is 0 Å². The van der Waals surface area contributed by atoms with Crippen molar-refractivity contribution in [1.29, 1.82) is 0 Å². The Balaban J connectivity index is 2.40. The molecule has 1 rings (SSSR count). The van der Waals surface area contributed by atoms with Gasteiger partial charge >= 0.3 is 0 Å². The Morgan fingerprint density at radius 3 is 1.86 bits per heavy atom. The lowest BCUT2D eigenvalue weighted by atomic mass is 10.1. The summed E-state index contributed by atoms with van der Waals surface area (Å²) in [7, 11) is 0. The highest BCUT2D eigenvalue weighted by molar-refractivity contribution is 14.1. The van der Waals surface area contributed by atoms with Crippen LogP contribution < -0.4 is 0 Å². The molecule has 0 N–H and O–H groups in total. The molecule has 1 heteroatoms. The molecule has 7 heavy (non-hydrogen) atoms. The van der Waals surface area contributed by atoms with Gasteiger partial charge in [0.2, 0.25) is 0 Å². The first-order valence-corrected chi connectivity index (χ1v) is 3.97. The van der Waals surface area contributed by atoms with Crippen LogP contribution in [0.1, 0.15) is 32.6 Å². The Kier molecular flexibility index (Phi) is 1.61. The maximum atomic E-state index is 2.57. The highest BCUT2D eigenvalue weighted by Gasteiger charge is 2.23. The van der Waals surface area contributed by atoms with Crippen LogP contribution in [0.2, 0.25) is 0 Å². The molecule has 1 saturated carbocycles. The van der Waals surface area contributed by atoms with E-state index in [1.54, 1.807) is 0 Å². The van der Waals surface area contributed by atoms with Crippen molar-refractivity contribution in [3.63, 3.8) is 0 Å². The van der Waals surface area contributed by atoms with Gasteiger partial charge in [-0.25, -0.2) is 0 Å². The minimum absolute atomic E-state index is 0.664. The average molecular weight is 210 g/mol. The zero-order valence-electron chi connectivity index (χ0n) is 4.71. The van der Waals surface area contributed by atoms with Crippen molar-refractivity contribution >= 4 is 22.6 Å². The van der Waals surface area contributed by atoms with E-state index in [0.717, 1.165) is 0 Å². The molecule has 1 fully saturated rings. The van der Waals surface area contributed by atoms with Gasteiger partial charge in [0.25, 0.3) is 0 Å². The Hall–Kier alpha value is 0.730. The summed E-state index contributed by atoms with van der Waals surface area (Å²) in [6.45, 7) is 2.35. The highest BCUT2D eigenvalue weighted by atomic mass is 127. The Labute approximate surface area is 58.8 Å². The first-order chi connectivity index (χ1) is 3.21. The van der Waals surface area contributed by atoms with Crippen molar-refractivity contribution < 1.29 is 0 Å². The van der Waals surface area contributed by atoms with Crippen molar-refractivity contribution in [2.45, 2.75) is 36.0 Å². The molecular weight excluding hydrogens is 199 g/mol. The fraction of sp³-hybridized carbons (Fsp3) is 1.00. The van der Waals surface area contributed by atoms with Crippen molar-refractivity contribution in [3.05, 3.63) is 0 Å². The van der Waals surface area contributed by atoms with Crippen LogP contribution in [0, 0.1) is 0 Å². The van der Waals surface area contributed by atoms with Crippen LogP contribution in [-0.2, 0) is 0 Å². The van der Waals surface area contributed by atoms with Gasteiger partial charge in [0, 0.05) is 3.42 Å². The minimum Gasteiger partial charge on any atom is -0.0792 e. The predicted molar refractivity (Wildman–Crippen MR) is 40.9 cm³/mol. The van der Waals surface area contributed by atoms with Gasteiger partial charge in [0.15, 0.2) is 0 Å². The summed E-state index contributed by atoms with van der Waals surface area (Å²) < 4.78 is 0.664. The lowest BCUT2D eigenvalue weighted by molar-refractivity contribution is 0.709. The maximum Gasteiger partial charge on any atom is 0.0194 e. The Morgan fingerprint density at radius 2 is 1.71 bits per heavy atom. The highest BCUT2D eigenvalue weighted by Crippen LogP contribution is 2.36. The smallest absolute Gasteiger partial charge is 0.0194 e. The molecule has 0 nitrogen and oxygen atoms in total. The Bertz CT molecular complexity index is 58.6. The third-order valence-corrected chi connectivity index (χ3v) is 2.72. The van der Waals surface area contributed by atoms with E-state index in [-0.39, 0.29) is 0 Å². The topological polar surface area (TPSA) is 0 Å². The fourth-order valence-electron chi connectivity index (χ4n) is 1.11. The van der Waals surface area contributed by atoms with Crippen molar-refractivity contribution in [1.82, 2.24) is 0 Å². The summed E-state index contributed by atoms with van der Waals surface area (Å²) in [5.41, 5.74) is 0. The summed E-state index contributed by atoms with van der Waals surface area (Å²) in [6, 6.07) is 0. The van der Waals surface area contributed by atoms with Gasteiger partial charge in [-0.3, -0.25) is 0 Å². The molecule has 0 aliphatic heterocycles. The third kappa shape index (κ3) is 1.59. The molecule has 0 amide bonds. The van der Waals surface area contributed by atoms with Crippen LogP contribution in [0.15, 0.2) is 0 Å². The number of hydrogen-bond acceptors (Lipinski definition) is 0. The van der Waals surface area contributed by atoms with Gasteiger partial charge in [-0.1, -0.05) is 42.4 Å². The lowest BCUT2D eigenvalue weighted by Crippen LogP contribution is -2.06. The Morgan fingerprint density at radius 1 is 1.29 bits per heavy atom. The number of halogens is 1. The molecule has 0 aromatic carbocycles. The number of hydrogen-bond donors (Lipinski definition) is 0. The second-order valence-corrected chi connectivity index (χ2v) is 5.22. The van der Waals surface area contributed by atoms with Crippen LogP contribution in [-0.4, -0.2) is 3.42 Å². The molecule has 0 aromatic rings. The fourth-order valence-corrected chi connectivity index (χ4v) is 1.87. The van der Waals surface area contributed by atoms with Gasteiger partial charge < -0.3 is 0 Å². The largest absolute Gasteiger partial charge is 0.0792 e. The zero-order chi connectivity index (χ0) is 5.33. The SMILES string of the molecule is CC1(I)CCCC1. The molecule has 0 atom stereocenters. The number of rotatable bonds is 0. The molecule has 0 spiro atoms. The molecule has 0 aromatic heterocycles. The quantitative estimate of drug-likeness (QED) is 0.426. The molecule has 0 unspecified atom stereocenters. The van der Waals surface area contributed by atoms with Gasteiger partial charge in [0.1, 0.15) is 0 Å². The average Bonchev–Trinajstić information content (AvgIpc) is 1.84. The third-order valence-electron chi connectivity index (χ3n) is 1.65. The van der Waals surface area contributed by atoms with Crippen molar-refractivity contribution in [3.8, 4) is 0 Å². The van der Waals surface area contributed by atoms with E-state index in [2.05, 4.69) is 29.5 Å². The number of alkyl halides is 1. The van der Waals surface area contributed by atoms with Gasteiger partial charge in [0.05, 0.1) is 0 Å². The van der Waals surface area contributed by atoms with Gasteiger partial charge in [-0.05, 0) is 12.8 Å². The van der Waals surface area contributed by atoms with E-state index >= 15 is 0 Å². The van der Waals surface area contributed by atoms with Crippen LogP contribution in [0.4, 0.5) is 0 Å². The molecule has 1 aliphatic carbocycles. The molecular formula is C6H11I. The minimum atomic E-state index is 0.664. The molecule has 42 valence electrons. The van der Waals surface area contributed by atoms with E-state index in [0.29, 0.717) is 3.42 Å². The second kappa shape index (κ2) is 1.92. The normalized spacial score (nSPS) is 28.3.